The van der Waals surface area contributed by atoms with Crippen LogP contribution in [0.4, 0.5) is 0 Å². The van der Waals surface area contributed by atoms with Gasteiger partial charge in [-0.2, -0.15) is 0 Å². The third kappa shape index (κ3) is 3.31. The average Bonchev–Trinajstić information content (AvgIpc) is 3.17. The molecular formula is C17H17N3S2. The van der Waals surface area contributed by atoms with Crippen molar-refractivity contribution < 1.29 is 0 Å². The van der Waals surface area contributed by atoms with E-state index >= 15 is 0 Å². The summed E-state index contributed by atoms with van der Waals surface area (Å²) < 4.78 is 2.12. The number of hydrogen-bond donors (Lipinski definition) is 0. The highest BCUT2D eigenvalue weighted by molar-refractivity contribution is 7.98. The average molecular weight is 327 g/mol. The predicted octanol–water partition coefficient (Wildman–Crippen LogP) is 4.79. The van der Waals surface area contributed by atoms with E-state index in [4.69, 9.17) is 0 Å². The third-order valence-electron chi connectivity index (χ3n) is 3.26. The summed E-state index contributed by atoms with van der Waals surface area (Å²) in [5.74, 6) is 1.81. The Morgan fingerprint density at radius 1 is 1.23 bits per heavy atom. The van der Waals surface area contributed by atoms with Crippen molar-refractivity contribution in [3.05, 3.63) is 65.6 Å². The zero-order valence-corrected chi connectivity index (χ0v) is 14.0. The first kappa shape index (κ1) is 15.1. The van der Waals surface area contributed by atoms with Gasteiger partial charge in [0.15, 0.2) is 11.0 Å². The van der Waals surface area contributed by atoms with Gasteiger partial charge in [0.25, 0.3) is 0 Å². The molecule has 3 aromatic rings. The molecule has 0 aliphatic rings. The molecule has 22 heavy (non-hydrogen) atoms. The quantitative estimate of drug-likeness (QED) is 0.481. The van der Waals surface area contributed by atoms with E-state index in [1.165, 1.54) is 11.1 Å². The third-order valence-corrected chi connectivity index (χ3v) is 5.16. The van der Waals surface area contributed by atoms with E-state index in [9.17, 15) is 0 Å². The molecule has 0 radical (unpaired) electrons. The summed E-state index contributed by atoms with van der Waals surface area (Å²) >= 11 is 3.39. The number of benzene rings is 1. The monoisotopic (exact) mass is 327 g/mol. The van der Waals surface area contributed by atoms with Crippen LogP contribution in [0, 0.1) is 6.92 Å². The fourth-order valence-corrected chi connectivity index (χ4v) is 3.73. The lowest BCUT2D eigenvalue weighted by atomic mass is 10.2. The summed E-state index contributed by atoms with van der Waals surface area (Å²) in [5.41, 5.74) is 2.57. The molecule has 2 aromatic heterocycles. The number of allylic oxidation sites excluding steroid dienone is 1. The SMILES string of the molecule is C=CCn1c(SCc2ccc(C)cc2)nnc1-c1cccs1. The molecule has 112 valence electrons. The Kier molecular flexibility index (Phi) is 4.75. The molecule has 0 saturated heterocycles. The molecule has 5 heteroatoms. The lowest BCUT2D eigenvalue weighted by Gasteiger charge is -2.06. The van der Waals surface area contributed by atoms with Crippen LogP contribution in [-0.4, -0.2) is 14.8 Å². The van der Waals surface area contributed by atoms with Crippen molar-refractivity contribution >= 4 is 23.1 Å². The van der Waals surface area contributed by atoms with Gasteiger partial charge < -0.3 is 0 Å². The van der Waals surface area contributed by atoms with Crippen LogP contribution in [0.1, 0.15) is 11.1 Å². The predicted molar refractivity (Wildman–Crippen MR) is 94.3 cm³/mol. The second-order valence-corrected chi connectivity index (χ2v) is 6.85. The maximum Gasteiger partial charge on any atom is 0.192 e. The Morgan fingerprint density at radius 2 is 2.05 bits per heavy atom. The number of rotatable bonds is 6. The van der Waals surface area contributed by atoms with Crippen molar-refractivity contribution in [3.8, 4) is 10.7 Å². The molecule has 0 bridgehead atoms. The maximum atomic E-state index is 4.36. The molecule has 0 saturated carbocycles. The fourth-order valence-electron chi connectivity index (χ4n) is 2.11. The zero-order valence-electron chi connectivity index (χ0n) is 12.4. The largest absolute Gasteiger partial charge is 0.297 e. The minimum atomic E-state index is 0.719. The molecule has 2 heterocycles. The van der Waals surface area contributed by atoms with Gasteiger partial charge in [0.05, 0.1) is 4.88 Å². The van der Waals surface area contributed by atoms with Gasteiger partial charge in [-0.1, -0.05) is 53.7 Å². The van der Waals surface area contributed by atoms with E-state index in [-0.39, 0.29) is 0 Å². The molecule has 0 amide bonds. The summed E-state index contributed by atoms with van der Waals surface area (Å²) in [6.07, 6.45) is 1.89. The van der Waals surface area contributed by atoms with Gasteiger partial charge in [-0.05, 0) is 23.9 Å². The number of thioether (sulfide) groups is 1. The van der Waals surface area contributed by atoms with Gasteiger partial charge in [-0.3, -0.25) is 4.57 Å². The highest BCUT2D eigenvalue weighted by Crippen LogP contribution is 2.28. The van der Waals surface area contributed by atoms with Crippen LogP contribution in [0.3, 0.4) is 0 Å². The van der Waals surface area contributed by atoms with Crippen LogP contribution in [0.5, 0.6) is 0 Å². The van der Waals surface area contributed by atoms with Crippen molar-refractivity contribution in [2.24, 2.45) is 0 Å². The molecule has 0 N–H and O–H groups in total. The van der Waals surface area contributed by atoms with E-state index in [1.54, 1.807) is 23.1 Å². The molecule has 0 atom stereocenters. The zero-order chi connectivity index (χ0) is 15.4. The van der Waals surface area contributed by atoms with E-state index in [1.807, 2.05) is 12.1 Å². The highest BCUT2D eigenvalue weighted by Gasteiger charge is 2.14. The first-order chi connectivity index (χ1) is 10.8. The van der Waals surface area contributed by atoms with Crippen LogP contribution in [0.15, 0.2) is 59.6 Å². The van der Waals surface area contributed by atoms with E-state index in [2.05, 4.69) is 64.0 Å². The summed E-state index contributed by atoms with van der Waals surface area (Å²) in [5, 5.41) is 11.7. The van der Waals surface area contributed by atoms with E-state index in [0.29, 0.717) is 0 Å². The first-order valence-corrected chi connectivity index (χ1v) is 8.91. The summed E-state index contributed by atoms with van der Waals surface area (Å²) in [6.45, 7) is 6.67. The van der Waals surface area contributed by atoms with Crippen molar-refractivity contribution in [3.63, 3.8) is 0 Å². The number of aromatic nitrogens is 3. The van der Waals surface area contributed by atoms with E-state index in [0.717, 1.165) is 28.2 Å². The second kappa shape index (κ2) is 6.94. The Bertz CT molecular complexity index is 743. The minimum Gasteiger partial charge on any atom is -0.297 e. The number of hydrogen-bond acceptors (Lipinski definition) is 4. The lowest BCUT2D eigenvalue weighted by molar-refractivity contribution is 0.732. The van der Waals surface area contributed by atoms with Crippen LogP contribution in [0.25, 0.3) is 10.7 Å². The normalized spacial score (nSPS) is 10.8. The number of nitrogens with zero attached hydrogens (tertiary/aromatic N) is 3. The Balaban J connectivity index is 1.81. The van der Waals surface area contributed by atoms with Crippen molar-refractivity contribution in [2.45, 2.75) is 24.4 Å². The fraction of sp³-hybridized carbons (Fsp3) is 0.176. The second-order valence-electron chi connectivity index (χ2n) is 4.96. The molecule has 0 spiro atoms. The molecular weight excluding hydrogens is 310 g/mol. The van der Waals surface area contributed by atoms with Gasteiger partial charge in [0.1, 0.15) is 0 Å². The number of aryl methyl sites for hydroxylation is 1. The van der Waals surface area contributed by atoms with Gasteiger partial charge in [0.2, 0.25) is 0 Å². The molecule has 0 unspecified atom stereocenters. The van der Waals surface area contributed by atoms with Gasteiger partial charge in [0, 0.05) is 12.3 Å². The minimum absolute atomic E-state index is 0.719. The molecule has 0 aliphatic heterocycles. The molecule has 3 rings (SSSR count). The van der Waals surface area contributed by atoms with Crippen molar-refractivity contribution in [1.29, 1.82) is 0 Å². The van der Waals surface area contributed by atoms with Crippen LogP contribution in [0.2, 0.25) is 0 Å². The number of thiophene rings is 1. The molecule has 0 fully saturated rings. The van der Waals surface area contributed by atoms with Crippen LogP contribution < -0.4 is 0 Å². The standard InChI is InChI=1S/C17H17N3S2/c1-3-10-20-16(15-5-4-11-21-15)18-19-17(20)22-12-14-8-6-13(2)7-9-14/h3-9,11H,1,10,12H2,2H3. The van der Waals surface area contributed by atoms with Crippen LogP contribution >= 0.6 is 23.1 Å². The van der Waals surface area contributed by atoms with Gasteiger partial charge in [-0.15, -0.1) is 28.1 Å². The Hall–Kier alpha value is -1.85. The topological polar surface area (TPSA) is 30.7 Å². The smallest absolute Gasteiger partial charge is 0.192 e. The van der Waals surface area contributed by atoms with Gasteiger partial charge >= 0.3 is 0 Å². The van der Waals surface area contributed by atoms with Crippen molar-refractivity contribution in [2.75, 3.05) is 0 Å². The Labute approximate surface area is 138 Å². The lowest BCUT2D eigenvalue weighted by Crippen LogP contribution is -1.99. The summed E-state index contributed by atoms with van der Waals surface area (Å²) in [7, 11) is 0. The summed E-state index contributed by atoms with van der Waals surface area (Å²) in [6, 6.07) is 12.7. The van der Waals surface area contributed by atoms with Crippen molar-refractivity contribution in [1.82, 2.24) is 14.8 Å². The Morgan fingerprint density at radius 3 is 2.73 bits per heavy atom. The highest BCUT2D eigenvalue weighted by atomic mass is 32.2. The van der Waals surface area contributed by atoms with Crippen LogP contribution in [-0.2, 0) is 12.3 Å². The summed E-state index contributed by atoms with van der Waals surface area (Å²) in [4.78, 5) is 1.14. The van der Waals surface area contributed by atoms with Gasteiger partial charge in [-0.25, -0.2) is 0 Å². The molecule has 0 aliphatic carbocycles. The molecule has 1 aromatic carbocycles. The maximum absolute atomic E-state index is 4.36. The first-order valence-electron chi connectivity index (χ1n) is 7.04. The van der Waals surface area contributed by atoms with E-state index < -0.39 is 0 Å². The molecule has 3 nitrogen and oxygen atoms in total.